The van der Waals surface area contributed by atoms with Gasteiger partial charge in [-0.2, -0.15) is 0 Å². The molecule has 0 spiro atoms. The van der Waals surface area contributed by atoms with E-state index in [1.54, 1.807) is 7.11 Å². The Hall–Kier alpha value is -1.77. The van der Waals surface area contributed by atoms with Crippen molar-refractivity contribution in [2.75, 3.05) is 14.2 Å². The quantitative estimate of drug-likeness (QED) is 0.182. The van der Waals surface area contributed by atoms with E-state index in [0.717, 1.165) is 24.3 Å². The van der Waals surface area contributed by atoms with Crippen molar-refractivity contribution in [3.8, 4) is 5.75 Å². The molecule has 158 valence electrons. The van der Waals surface area contributed by atoms with Crippen LogP contribution in [-0.2, 0) is 11.2 Å². The molecule has 0 aliphatic rings. The molecule has 0 saturated carbocycles. The summed E-state index contributed by atoms with van der Waals surface area (Å²) in [6.07, 6.45) is 18.1. The average Bonchev–Trinajstić information content (AvgIpc) is 2.73. The first-order chi connectivity index (χ1) is 13.6. The monoisotopic (exact) mass is 388 g/mol. The fraction of sp³-hybridized carbons (Fsp3) is 0.640. The zero-order valence-corrected chi connectivity index (χ0v) is 18.5. The van der Waals surface area contributed by atoms with Crippen molar-refractivity contribution in [2.45, 2.75) is 84.5 Å². The Morgan fingerprint density at radius 1 is 1.00 bits per heavy atom. The Morgan fingerprint density at radius 2 is 1.68 bits per heavy atom. The Labute approximate surface area is 172 Å². The molecule has 0 radical (unpaired) electrons. The van der Waals surface area contributed by atoms with Crippen molar-refractivity contribution >= 4 is 5.97 Å². The lowest BCUT2D eigenvalue weighted by Gasteiger charge is -2.12. The topological polar surface area (TPSA) is 35.5 Å². The first-order valence-electron chi connectivity index (χ1n) is 11.0. The van der Waals surface area contributed by atoms with Gasteiger partial charge in [0, 0.05) is 0 Å². The highest BCUT2D eigenvalue weighted by molar-refractivity contribution is 5.94. The van der Waals surface area contributed by atoms with Gasteiger partial charge in [-0.3, -0.25) is 0 Å². The summed E-state index contributed by atoms with van der Waals surface area (Å²) in [5, 5.41) is 0. The fourth-order valence-corrected chi connectivity index (χ4v) is 3.42. The van der Waals surface area contributed by atoms with E-state index in [9.17, 15) is 4.79 Å². The van der Waals surface area contributed by atoms with E-state index in [4.69, 9.17) is 9.47 Å². The van der Waals surface area contributed by atoms with Gasteiger partial charge in [-0.1, -0.05) is 70.2 Å². The van der Waals surface area contributed by atoms with Gasteiger partial charge in [-0.05, 0) is 56.1 Å². The third kappa shape index (κ3) is 9.43. The van der Waals surface area contributed by atoms with E-state index < -0.39 is 0 Å². The van der Waals surface area contributed by atoms with Crippen molar-refractivity contribution in [3.05, 3.63) is 41.5 Å². The number of carbonyl (C=O) groups excluding carboxylic acids is 1. The van der Waals surface area contributed by atoms with Crippen LogP contribution in [0, 0.1) is 5.92 Å². The average molecular weight is 389 g/mol. The lowest BCUT2D eigenvalue weighted by atomic mass is 9.99. The molecule has 3 heteroatoms. The molecule has 0 heterocycles. The first-order valence-corrected chi connectivity index (χ1v) is 11.0. The number of hydrogen-bond donors (Lipinski definition) is 0. The van der Waals surface area contributed by atoms with Gasteiger partial charge in [0.15, 0.2) is 0 Å². The molecule has 0 amide bonds. The smallest absolute Gasteiger partial charge is 0.341 e. The number of rotatable bonds is 15. The zero-order valence-electron chi connectivity index (χ0n) is 18.5. The van der Waals surface area contributed by atoms with Crippen LogP contribution in [0.1, 0.15) is 94.0 Å². The zero-order chi connectivity index (χ0) is 20.6. The molecular weight excluding hydrogens is 348 g/mol. The second-order valence-electron chi connectivity index (χ2n) is 7.71. The summed E-state index contributed by atoms with van der Waals surface area (Å²) in [7, 11) is 3.00. The minimum atomic E-state index is -0.316. The summed E-state index contributed by atoms with van der Waals surface area (Å²) in [5.74, 6) is 1.15. The van der Waals surface area contributed by atoms with Crippen molar-refractivity contribution in [1.29, 1.82) is 0 Å². The van der Waals surface area contributed by atoms with Gasteiger partial charge in [0.05, 0.1) is 14.2 Å². The van der Waals surface area contributed by atoms with Gasteiger partial charge in [0.2, 0.25) is 0 Å². The Kier molecular flexibility index (Phi) is 13.2. The second-order valence-corrected chi connectivity index (χ2v) is 7.71. The highest BCUT2D eigenvalue weighted by atomic mass is 16.5. The van der Waals surface area contributed by atoms with Crippen molar-refractivity contribution in [1.82, 2.24) is 0 Å². The lowest BCUT2D eigenvalue weighted by Crippen LogP contribution is -2.08. The van der Waals surface area contributed by atoms with Crippen molar-refractivity contribution in [3.63, 3.8) is 0 Å². The van der Waals surface area contributed by atoms with E-state index in [1.807, 2.05) is 18.2 Å². The predicted octanol–water partition coefficient (Wildman–Crippen LogP) is 7.14. The molecule has 0 saturated heterocycles. The summed E-state index contributed by atoms with van der Waals surface area (Å²) in [6.45, 7) is 4.61. The van der Waals surface area contributed by atoms with Gasteiger partial charge in [-0.25, -0.2) is 4.79 Å². The fourth-order valence-electron chi connectivity index (χ4n) is 3.42. The third-order valence-corrected chi connectivity index (χ3v) is 5.47. The highest BCUT2D eigenvalue weighted by Gasteiger charge is 2.17. The number of ether oxygens (including phenoxy) is 2. The number of unbranched alkanes of at least 4 members (excludes halogenated alkanes) is 6. The van der Waals surface area contributed by atoms with Gasteiger partial charge in [0.25, 0.3) is 0 Å². The van der Waals surface area contributed by atoms with Crippen LogP contribution in [0.4, 0.5) is 0 Å². The molecule has 1 atom stereocenters. The molecule has 0 aliphatic carbocycles. The predicted molar refractivity (Wildman–Crippen MR) is 118 cm³/mol. The van der Waals surface area contributed by atoms with E-state index in [1.165, 1.54) is 64.9 Å². The summed E-state index contributed by atoms with van der Waals surface area (Å²) < 4.78 is 10.2. The van der Waals surface area contributed by atoms with Crippen molar-refractivity contribution < 1.29 is 14.3 Å². The Morgan fingerprint density at radius 3 is 2.36 bits per heavy atom. The maximum absolute atomic E-state index is 12.1. The third-order valence-electron chi connectivity index (χ3n) is 5.47. The van der Waals surface area contributed by atoms with E-state index in [-0.39, 0.29) is 5.97 Å². The van der Waals surface area contributed by atoms with Crippen LogP contribution in [0.15, 0.2) is 30.4 Å². The molecule has 28 heavy (non-hydrogen) atoms. The van der Waals surface area contributed by atoms with Gasteiger partial charge < -0.3 is 9.47 Å². The molecule has 1 aromatic rings. The first kappa shape index (κ1) is 24.3. The number of allylic oxidation sites excluding steroid dienone is 2. The highest BCUT2D eigenvalue weighted by Crippen LogP contribution is 2.25. The van der Waals surface area contributed by atoms with E-state index in [0.29, 0.717) is 11.3 Å². The second kappa shape index (κ2) is 15.2. The SMILES string of the molecule is CC[C@H](C)CCCC=CCCCCCCCc1cccc(OC)c1C(=O)OC. The van der Waals surface area contributed by atoms with Gasteiger partial charge in [0.1, 0.15) is 11.3 Å². The molecular formula is C25H40O3. The molecule has 1 rings (SSSR count). The van der Waals surface area contributed by atoms with Crippen LogP contribution >= 0.6 is 0 Å². The van der Waals surface area contributed by atoms with Crippen LogP contribution < -0.4 is 4.74 Å². The minimum Gasteiger partial charge on any atom is -0.496 e. The van der Waals surface area contributed by atoms with Crippen LogP contribution in [0.3, 0.4) is 0 Å². The van der Waals surface area contributed by atoms with Crippen LogP contribution in [0.5, 0.6) is 5.75 Å². The number of hydrogen-bond acceptors (Lipinski definition) is 3. The largest absolute Gasteiger partial charge is 0.496 e. The maximum Gasteiger partial charge on any atom is 0.341 e. The number of aryl methyl sites for hydroxylation is 1. The molecule has 0 bridgehead atoms. The Bertz CT molecular complexity index is 577. The number of benzene rings is 1. The maximum atomic E-state index is 12.1. The van der Waals surface area contributed by atoms with Gasteiger partial charge in [-0.15, -0.1) is 0 Å². The molecule has 3 nitrogen and oxygen atoms in total. The Balaban J connectivity index is 2.17. The van der Waals surface area contributed by atoms with Crippen molar-refractivity contribution in [2.24, 2.45) is 5.92 Å². The summed E-state index contributed by atoms with van der Waals surface area (Å²) >= 11 is 0. The molecule has 0 unspecified atom stereocenters. The van der Waals surface area contributed by atoms with E-state index >= 15 is 0 Å². The lowest BCUT2D eigenvalue weighted by molar-refractivity contribution is 0.0595. The molecule has 1 aromatic carbocycles. The number of methoxy groups -OCH3 is 2. The minimum absolute atomic E-state index is 0.316. The summed E-state index contributed by atoms with van der Waals surface area (Å²) in [4.78, 5) is 12.1. The van der Waals surface area contributed by atoms with Gasteiger partial charge >= 0.3 is 5.97 Å². The normalized spacial score (nSPS) is 12.3. The van der Waals surface area contributed by atoms with Crippen LogP contribution in [-0.4, -0.2) is 20.2 Å². The summed E-state index contributed by atoms with van der Waals surface area (Å²) in [5.41, 5.74) is 1.59. The number of carbonyl (C=O) groups is 1. The van der Waals surface area contributed by atoms with Crippen LogP contribution in [0.2, 0.25) is 0 Å². The number of esters is 1. The molecule has 0 fully saturated rings. The van der Waals surface area contributed by atoms with Crippen LogP contribution in [0.25, 0.3) is 0 Å². The molecule has 0 aromatic heterocycles. The molecule has 0 aliphatic heterocycles. The van der Waals surface area contributed by atoms with E-state index in [2.05, 4.69) is 26.0 Å². The molecule has 0 N–H and O–H groups in total. The summed E-state index contributed by atoms with van der Waals surface area (Å²) in [6, 6.07) is 5.75. The standard InChI is InChI=1S/C25H40O3/c1-5-21(2)17-14-12-10-8-6-7-9-11-13-15-18-22-19-16-20-23(27-3)24(22)25(26)28-4/h8,10,16,19-21H,5-7,9,11-15,17-18H2,1-4H3/t21-/m0/s1.